The molecule has 2 fully saturated rings. The van der Waals surface area contributed by atoms with Crippen LogP contribution in [0.25, 0.3) is 0 Å². The summed E-state index contributed by atoms with van der Waals surface area (Å²) in [5.74, 6) is 1.02. The first-order valence-electron chi connectivity index (χ1n) is 7.14. The molecule has 108 valence electrons. The smallest absolute Gasteiger partial charge is 0.314 e. The van der Waals surface area contributed by atoms with Crippen LogP contribution in [0.4, 0.5) is 0 Å². The first-order chi connectivity index (χ1) is 9.68. The number of ether oxygens (including phenoxy) is 3. The fourth-order valence-electron chi connectivity index (χ4n) is 2.66. The third-order valence-corrected chi connectivity index (χ3v) is 4.36. The van der Waals surface area contributed by atoms with E-state index in [1.165, 1.54) is 0 Å². The van der Waals surface area contributed by atoms with Gasteiger partial charge in [-0.1, -0.05) is 6.07 Å². The van der Waals surface area contributed by atoms with Crippen LogP contribution in [-0.4, -0.2) is 20.2 Å². The van der Waals surface area contributed by atoms with Crippen LogP contribution in [0.3, 0.4) is 0 Å². The molecule has 4 heteroatoms. The molecule has 2 saturated carbocycles. The molecule has 1 aromatic carbocycles. The minimum absolute atomic E-state index is 0.0726. The predicted octanol–water partition coefficient (Wildman–Crippen LogP) is 3.04. The zero-order valence-electron chi connectivity index (χ0n) is 12.0. The van der Waals surface area contributed by atoms with Crippen LogP contribution < -0.4 is 9.47 Å². The van der Waals surface area contributed by atoms with E-state index in [-0.39, 0.29) is 17.5 Å². The molecule has 2 aliphatic rings. The van der Waals surface area contributed by atoms with Gasteiger partial charge in [0.05, 0.1) is 18.6 Å². The SMILES string of the molecule is COc1ccc(C2(OC)CCC2)cc1OC(=O)C1CC1. The molecule has 0 aromatic heterocycles. The average molecular weight is 276 g/mol. The summed E-state index contributed by atoms with van der Waals surface area (Å²) in [7, 11) is 3.32. The minimum atomic E-state index is -0.215. The van der Waals surface area contributed by atoms with Crippen LogP contribution in [-0.2, 0) is 15.1 Å². The number of esters is 1. The number of hydrogen-bond donors (Lipinski definition) is 0. The molecule has 0 bridgehead atoms. The second-order valence-corrected chi connectivity index (χ2v) is 5.61. The number of benzene rings is 1. The van der Waals surface area contributed by atoms with Crippen molar-refractivity contribution >= 4 is 5.97 Å². The van der Waals surface area contributed by atoms with Gasteiger partial charge in [0.2, 0.25) is 0 Å². The minimum Gasteiger partial charge on any atom is -0.493 e. The maximum atomic E-state index is 11.8. The van der Waals surface area contributed by atoms with E-state index in [1.807, 2.05) is 18.2 Å². The van der Waals surface area contributed by atoms with Crippen molar-refractivity contribution in [3.05, 3.63) is 23.8 Å². The highest BCUT2D eigenvalue weighted by Gasteiger charge is 2.39. The van der Waals surface area contributed by atoms with Gasteiger partial charge in [0.1, 0.15) is 0 Å². The lowest BCUT2D eigenvalue weighted by molar-refractivity contribution is -0.135. The van der Waals surface area contributed by atoms with Gasteiger partial charge in [-0.25, -0.2) is 0 Å². The zero-order chi connectivity index (χ0) is 14.2. The standard InChI is InChI=1S/C16H20O4/c1-18-13-7-6-12(16(19-2)8-3-9-16)10-14(13)20-15(17)11-4-5-11/h6-7,10-11H,3-5,8-9H2,1-2H3. The first kappa shape index (κ1) is 13.4. The summed E-state index contributed by atoms with van der Waals surface area (Å²) in [5, 5.41) is 0. The summed E-state index contributed by atoms with van der Waals surface area (Å²) in [6, 6.07) is 5.74. The monoisotopic (exact) mass is 276 g/mol. The van der Waals surface area contributed by atoms with Crippen molar-refractivity contribution in [2.45, 2.75) is 37.7 Å². The summed E-state index contributed by atoms with van der Waals surface area (Å²) < 4.78 is 16.4. The molecule has 0 N–H and O–H groups in total. The van der Waals surface area contributed by atoms with Crippen LogP contribution in [0.1, 0.15) is 37.7 Å². The van der Waals surface area contributed by atoms with Gasteiger partial charge in [0.15, 0.2) is 11.5 Å². The normalized spacial score (nSPS) is 20.1. The van der Waals surface area contributed by atoms with Crippen molar-refractivity contribution in [3.8, 4) is 11.5 Å². The Morgan fingerprint density at radius 1 is 1.20 bits per heavy atom. The van der Waals surface area contributed by atoms with Gasteiger partial charge in [0, 0.05) is 7.11 Å². The van der Waals surface area contributed by atoms with Crippen molar-refractivity contribution < 1.29 is 19.0 Å². The second-order valence-electron chi connectivity index (χ2n) is 5.61. The van der Waals surface area contributed by atoms with Crippen molar-refractivity contribution in [2.75, 3.05) is 14.2 Å². The molecule has 3 rings (SSSR count). The molecule has 0 heterocycles. The van der Waals surface area contributed by atoms with Gasteiger partial charge in [0.25, 0.3) is 0 Å². The number of methoxy groups -OCH3 is 2. The van der Waals surface area contributed by atoms with Crippen LogP contribution in [0.2, 0.25) is 0 Å². The van der Waals surface area contributed by atoms with E-state index in [9.17, 15) is 4.79 Å². The van der Waals surface area contributed by atoms with Gasteiger partial charge in [-0.2, -0.15) is 0 Å². The Balaban J connectivity index is 1.87. The maximum Gasteiger partial charge on any atom is 0.314 e. The quantitative estimate of drug-likeness (QED) is 0.612. The molecule has 0 radical (unpaired) electrons. The summed E-state index contributed by atoms with van der Waals surface area (Å²) in [4.78, 5) is 11.8. The topological polar surface area (TPSA) is 44.8 Å². The average Bonchev–Trinajstić information content (AvgIpc) is 3.23. The van der Waals surface area contributed by atoms with Crippen LogP contribution in [0.15, 0.2) is 18.2 Å². The highest BCUT2D eigenvalue weighted by molar-refractivity contribution is 5.78. The lowest BCUT2D eigenvalue weighted by Gasteiger charge is -2.41. The Kier molecular flexibility index (Phi) is 3.42. The Morgan fingerprint density at radius 3 is 2.45 bits per heavy atom. The predicted molar refractivity (Wildman–Crippen MR) is 73.9 cm³/mol. The Labute approximate surface area is 119 Å². The van der Waals surface area contributed by atoms with Crippen LogP contribution >= 0.6 is 0 Å². The van der Waals surface area contributed by atoms with Crippen molar-refractivity contribution in [1.82, 2.24) is 0 Å². The molecule has 1 aromatic rings. The largest absolute Gasteiger partial charge is 0.493 e. The van der Waals surface area contributed by atoms with Crippen molar-refractivity contribution in [2.24, 2.45) is 5.92 Å². The number of hydrogen-bond acceptors (Lipinski definition) is 4. The Hall–Kier alpha value is -1.55. The lowest BCUT2D eigenvalue weighted by atomic mass is 9.75. The molecule has 0 aliphatic heterocycles. The fraction of sp³-hybridized carbons (Fsp3) is 0.562. The highest BCUT2D eigenvalue weighted by Crippen LogP contribution is 2.46. The van der Waals surface area contributed by atoms with E-state index >= 15 is 0 Å². The van der Waals surface area contributed by atoms with Gasteiger partial charge < -0.3 is 14.2 Å². The summed E-state index contributed by atoms with van der Waals surface area (Å²) in [5.41, 5.74) is 0.846. The number of rotatable bonds is 5. The molecule has 0 saturated heterocycles. The molecule has 0 spiro atoms. The van der Waals surface area contributed by atoms with Crippen LogP contribution in [0, 0.1) is 5.92 Å². The Bertz CT molecular complexity index is 510. The summed E-state index contributed by atoms with van der Waals surface area (Å²) >= 11 is 0. The summed E-state index contributed by atoms with van der Waals surface area (Å²) in [6.07, 6.45) is 5.04. The molecular weight excluding hydrogens is 256 g/mol. The molecule has 0 amide bonds. The maximum absolute atomic E-state index is 11.8. The third kappa shape index (κ3) is 2.29. The lowest BCUT2D eigenvalue weighted by Crippen LogP contribution is -2.36. The number of carbonyl (C=O) groups excluding carboxylic acids is 1. The van der Waals surface area contributed by atoms with Gasteiger partial charge in [-0.3, -0.25) is 4.79 Å². The fourth-order valence-corrected chi connectivity index (χ4v) is 2.66. The second kappa shape index (κ2) is 5.09. The zero-order valence-corrected chi connectivity index (χ0v) is 12.0. The van der Waals surface area contributed by atoms with Gasteiger partial charge >= 0.3 is 5.97 Å². The van der Waals surface area contributed by atoms with E-state index in [4.69, 9.17) is 14.2 Å². The molecular formula is C16H20O4. The first-order valence-corrected chi connectivity index (χ1v) is 7.14. The van der Waals surface area contributed by atoms with E-state index in [0.29, 0.717) is 11.5 Å². The molecule has 0 unspecified atom stereocenters. The highest BCUT2D eigenvalue weighted by atomic mass is 16.6. The molecule has 0 atom stereocenters. The van der Waals surface area contributed by atoms with Gasteiger partial charge in [-0.05, 0) is 49.8 Å². The van der Waals surface area contributed by atoms with Gasteiger partial charge in [-0.15, -0.1) is 0 Å². The number of carbonyl (C=O) groups is 1. The van der Waals surface area contributed by atoms with Crippen molar-refractivity contribution in [3.63, 3.8) is 0 Å². The van der Waals surface area contributed by atoms with E-state index < -0.39 is 0 Å². The van der Waals surface area contributed by atoms with Crippen LogP contribution in [0.5, 0.6) is 11.5 Å². The molecule has 20 heavy (non-hydrogen) atoms. The summed E-state index contributed by atoms with van der Waals surface area (Å²) in [6.45, 7) is 0. The third-order valence-electron chi connectivity index (χ3n) is 4.36. The van der Waals surface area contributed by atoms with Crippen molar-refractivity contribution in [1.29, 1.82) is 0 Å². The van der Waals surface area contributed by atoms with E-state index in [2.05, 4.69) is 0 Å². The Morgan fingerprint density at radius 2 is 1.95 bits per heavy atom. The van der Waals surface area contributed by atoms with E-state index in [0.717, 1.165) is 37.7 Å². The molecule has 2 aliphatic carbocycles. The van der Waals surface area contributed by atoms with E-state index in [1.54, 1.807) is 14.2 Å². The molecule has 4 nitrogen and oxygen atoms in total.